The van der Waals surface area contributed by atoms with E-state index < -0.39 is 35.9 Å². The van der Waals surface area contributed by atoms with Crippen molar-refractivity contribution in [1.82, 2.24) is 16.0 Å². The van der Waals surface area contributed by atoms with Crippen LogP contribution in [0, 0.1) is 0 Å². The molecule has 0 aromatic heterocycles. The van der Waals surface area contributed by atoms with Crippen molar-refractivity contribution < 1.29 is 50.6 Å². The maximum Gasteiger partial charge on any atom is 0.762 e. The van der Waals surface area contributed by atoms with E-state index >= 15 is 0 Å². The number of nitrogens with one attached hydrogen (secondary N) is 3. The van der Waals surface area contributed by atoms with Crippen molar-refractivity contribution in [3.8, 4) is 11.5 Å². The molecule has 4 amide bonds. The first-order chi connectivity index (χ1) is 25.2. The summed E-state index contributed by atoms with van der Waals surface area (Å²) in [6, 6.07) is 10.9. The summed E-state index contributed by atoms with van der Waals surface area (Å²) in [6.07, 6.45) is 0.854. The molecule has 0 aliphatic carbocycles. The molecule has 3 N–H and O–H groups in total. The zero-order valence-corrected chi connectivity index (χ0v) is 36.5. The maximum absolute atomic E-state index is 12.6. The van der Waals surface area contributed by atoms with Crippen LogP contribution < -0.4 is 30.1 Å². The molecule has 4 heterocycles. The van der Waals surface area contributed by atoms with Gasteiger partial charge < -0.3 is 28.6 Å². The number of benzene rings is 2. The maximum atomic E-state index is 12.6. The molecule has 2 aromatic rings. The van der Waals surface area contributed by atoms with E-state index in [0.29, 0.717) is 36.5 Å². The zero-order valence-electron chi connectivity index (χ0n) is 31.8. The molecule has 1 saturated heterocycles. The standard InChI is InChI=1S/C15H17BrN2O3.C13H13BrN2O3.C6H15O.CH2Cl2.BF3.FH/c1-4-20-13-17-12(19)15(18-13)8-14(2,3)21-11-6-5-9(16)7-10(11)15;1-12(2)6-13(10(17)15-11(18)16-13)8-5-7(14)3-4-9(8)19-12;1-4-7(5-2)6-3;2-1-3;2-1(3)4;/h5-7H,4,8H2,1-3H3,(H,17,18,19);3-5H,6H2,1-2H3,(H2,15,16,17,18);4-6H2,1-3H3;1H2;;1H/q;;+1;;;/p-1. The number of imide groups is 1. The van der Waals surface area contributed by atoms with Gasteiger partial charge in [0.05, 0.1) is 11.9 Å². The smallest absolute Gasteiger partial charge is 0.762 e. The SMILES string of the molecule is CC1(C)CC2(NC(=O)NC2=O)c2cc(Br)ccc2O1.CCOC1=NC2(CC(C)(C)Oc3ccc(Br)cc32)C(=O)N1.CC[O+](CC)CC.ClCCl.FB(F)F.[F-]. The number of halogens is 8. The summed E-state index contributed by atoms with van der Waals surface area (Å²) in [6.45, 7) is 19.8. The minimum atomic E-state index is -3.67. The third-order valence-corrected chi connectivity index (χ3v) is 9.26. The predicted molar refractivity (Wildman–Crippen MR) is 213 cm³/mol. The van der Waals surface area contributed by atoms with Gasteiger partial charge in [-0.05, 0) is 71.0 Å². The molecule has 0 bridgehead atoms. The molecule has 2 unspecified atom stereocenters. The van der Waals surface area contributed by atoms with Crippen molar-refractivity contribution in [2.45, 2.75) is 90.5 Å². The number of hydrogen-bond acceptors (Lipinski definition) is 7. The van der Waals surface area contributed by atoms with Gasteiger partial charge in [-0.1, -0.05) is 31.9 Å². The lowest BCUT2D eigenvalue weighted by molar-refractivity contribution is -0.127. The van der Waals surface area contributed by atoms with Gasteiger partial charge in [0.2, 0.25) is 0 Å². The van der Waals surface area contributed by atoms with Gasteiger partial charge in [-0.3, -0.25) is 33.2 Å². The predicted octanol–water partition coefficient (Wildman–Crippen LogP) is 5.68. The molecule has 4 aliphatic heterocycles. The Hall–Kier alpha value is -2.80. The van der Waals surface area contributed by atoms with Crippen LogP contribution in [0.25, 0.3) is 0 Å². The van der Waals surface area contributed by atoms with Crippen LogP contribution in [0.15, 0.2) is 50.3 Å². The summed E-state index contributed by atoms with van der Waals surface area (Å²) in [4.78, 5) is 41.0. The van der Waals surface area contributed by atoms with E-state index in [9.17, 15) is 27.3 Å². The number of carbonyl (C=O) groups excluding carboxylic acids is 3. The molecular formula is C35H47BBr2Cl2F4N4O7. The molecule has 2 spiro atoms. The number of alkyl halides is 2. The number of urea groups is 1. The van der Waals surface area contributed by atoms with E-state index in [1.165, 1.54) is 0 Å². The highest BCUT2D eigenvalue weighted by Crippen LogP contribution is 2.49. The van der Waals surface area contributed by atoms with Crippen molar-refractivity contribution in [3.05, 3.63) is 56.5 Å². The normalized spacial score (nSPS) is 21.5. The number of carbonyl (C=O) groups is 3. The number of amides is 4. The largest absolute Gasteiger partial charge is 1.00 e. The van der Waals surface area contributed by atoms with Gasteiger partial charge in [-0.15, -0.1) is 23.2 Å². The Morgan fingerprint density at radius 1 is 0.818 bits per heavy atom. The van der Waals surface area contributed by atoms with Crippen LogP contribution in [0.5, 0.6) is 11.5 Å². The van der Waals surface area contributed by atoms with Gasteiger partial charge in [-0.2, -0.15) is 0 Å². The van der Waals surface area contributed by atoms with Crippen LogP contribution in [0.3, 0.4) is 0 Å². The second kappa shape index (κ2) is 21.7. The second-order valence-corrected chi connectivity index (χ2v) is 15.8. The fourth-order valence-corrected chi connectivity index (χ4v) is 7.05. The van der Waals surface area contributed by atoms with Gasteiger partial charge in [0.25, 0.3) is 17.8 Å². The molecule has 2 atom stereocenters. The highest BCUT2D eigenvalue weighted by atomic mass is 79.9. The van der Waals surface area contributed by atoms with Crippen LogP contribution in [-0.4, -0.2) is 74.4 Å². The summed E-state index contributed by atoms with van der Waals surface area (Å²) in [5.74, 6) is 0.817. The first kappa shape index (κ1) is 50.2. The topological polar surface area (TPSA) is 130 Å². The first-order valence-corrected chi connectivity index (χ1v) is 19.7. The lowest BCUT2D eigenvalue weighted by Crippen LogP contribution is -3.00. The van der Waals surface area contributed by atoms with Gasteiger partial charge in [0, 0.05) is 53.7 Å². The van der Waals surface area contributed by atoms with E-state index in [-0.39, 0.29) is 27.9 Å². The van der Waals surface area contributed by atoms with Crippen molar-refractivity contribution in [2.75, 3.05) is 31.8 Å². The molecule has 1 fully saturated rings. The Labute approximate surface area is 346 Å². The van der Waals surface area contributed by atoms with Gasteiger partial charge in [0.15, 0.2) is 11.1 Å². The molecule has 0 saturated carbocycles. The third kappa shape index (κ3) is 13.4. The molecule has 308 valence electrons. The van der Waals surface area contributed by atoms with Gasteiger partial charge in [-0.25, -0.2) is 9.79 Å². The number of amidine groups is 1. The van der Waals surface area contributed by atoms with Crippen LogP contribution >= 0.6 is 55.1 Å². The summed E-state index contributed by atoms with van der Waals surface area (Å²) < 4.78 is 51.1. The molecule has 20 heteroatoms. The zero-order chi connectivity index (χ0) is 41.1. The lowest BCUT2D eigenvalue weighted by Gasteiger charge is -2.42. The highest BCUT2D eigenvalue weighted by Gasteiger charge is 2.56. The van der Waals surface area contributed by atoms with Crippen LogP contribution in [0.4, 0.5) is 17.7 Å². The summed E-state index contributed by atoms with van der Waals surface area (Å²) in [5.41, 5.74) is -1.59. The number of rotatable bonds is 4. The fraction of sp³-hybridized carbons (Fsp3) is 0.543. The number of ether oxygens (including phenoxy) is 3. The quantitative estimate of drug-likeness (QED) is 0.119. The van der Waals surface area contributed by atoms with E-state index in [0.717, 1.165) is 34.3 Å². The monoisotopic (exact) mass is 950 g/mol. The second-order valence-electron chi connectivity index (χ2n) is 13.2. The molecule has 6 rings (SSSR count). The Balaban J connectivity index is 0.000000408. The van der Waals surface area contributed by atoms with Crippen molar-refractivity contribution in [2.24, 2.45) is 4.99 Å². The molecule has 11 nitrogen and oxygen atoms in total. The van der Waals surface area contributed by atoms with Gasteiger partial charge >= 0.3 is 13.6 Å². The minimum Gasteiger partial charge on any atom is -1.00 e. The highest BCUT2D eigenvalue weighted by molar-refractivity contribution is 9.10. The van der Waals surface area contributed by atoms with Crippen LogP contribution in [0.2, 0.25) is 0 Å². The van der Waals surface area contributed by atoms with Gasteiger partial charge in [0.1, 0.15) is 42.5 Å². The first-order valence-electron chi connectivity index (χ1n) is 17.0. The summed E-state index contributed by atoms with van der Waals surface area (Å²) in [5, 5.41) is 8.00. The molecule has 4 aliphatic rings. The van der Waals surface area contributed by atoms with Crippen LogP contribution in [0.1, 0.15) is 79.4 Å². The average molecular weight is 953 g/mol. The Morgan fingerprint density at radius 2 is 1.27 bits per heavy atom. The van der Waals surface area contributed by atoms with E-state index in [1.54, 1.807) is 6.07 Å². The minimum absolute atomic E-state index is 0. The fourth-order valence-electron chi connectivity index (χ4n) is 6.33. The number of nitrogens with zero attached hydrogens (tertiary/aromatic N) is 1. The number of hydrogen-bond donors (Lipinski definition) is 3. The Kier molecular flexibility index (Phi) is 19.8. The lowest BCUT2D eigenvalue weighted by atomic mass is 9.77. The Morgan fingerprint density at radius 3 is 1.69 bits per heavy atom. The Bertz CT molecular complexity index is 1660. The molecule has 55 heavy (non-hydrogen) atoms. The summed E-state index contributed by atoms with van der Waals surface area (Å²) in [7, 11) is -3.67. The van der Waals surface area contributed by atoms with Crippen LogP contribution in [-0.2, 0) is 29.8 Å². The van der Waals surface area contributed by atoms with E-state index in [2.05, 4.69) is 77.9 Å². The number of fused-ring (bicyclic) bond motifs is 4. The number of aliphatic imine (C=N–C) groups is 1. The molecule has 0 radical (unpaired) electrons. The van der Waals surface area contributed by atoms with Crippen molar-refractivity contribution in [3.63, 3.8) is 0 Å². The van der Waals surface area contributed by atoms with E-state index in [4.69, 9.17) is 37.4 Å². The average Bonchev–Trinajstić information content (AvgIpc) is 3.52. The van der Waals surface area contributed by atoms with E-state index in [1.807, 2.05) is 65.0 Å². The molecular weight excluding hydrogens is 906 g/mol. The van der Waals surface area contributed by atoms with Crippen molar-refractivity contribution >= 4 is 86.5 Å². The van der Waals surface area contributed by atoms with Crippen molar-refractivity contribution in [1.29, 1.82) is 0 Å². The summed E-state index contributed by atoms with van der Waals surface area (Å²) >= 11 is 16.4. The molecule has 2 aromatic carbocycles. The third-order valence-electron chi connectivity index (χ3n) is 8.27.